The number of carbonyl (C=O) groups is 1. The SMILES string of the molecule is CCOC(=O)C(F)(F)[C@@H](N)c1cc(F)c(F)c(F)c1.Cl. The molecule has 0 aliphatic carbocycles. The molecule has 9 heteroatoms. The van der Waals surface area contributed by atoms with Crippen LogP contribution in [0.15, 0.2) is 12.1 Å². The monoisotopic (exact) mass is 319 g/mol. The van der Waals surface area contributed by atoms with Crippen LogP contribution in [0.2, 0.25) is 0 Å². The first-order chi connectivity index (χ1) is 8.71. The van der Waals surface area contributed by atoms with Gasteiger partial charge in [0.25, 0.3) is 0 Å². The molecule has 1 aromatic carbocycles. The molecule has 0 aromatic heterocycles. The minimum Gasteiger partial charge on any atom is -0.462 e. The van der Waals surface area contributed by atoms with Gasteiger partial charge in [-0.15, -0.1) is 12.4 Å². The molecule has 2 N–H and O–H groups in total. The van der Waals surface area contributed by atoms with E-state index in [0.717, 1.165) is 0 Å². The Balaban J connectivity index is 0.00000361. The average molecular weight is 320 g/mol. The maximum atomic E-state index is 13.5. The van der Waals surface area contributed by atoms with Crippen molar-refractivity contribution >= 4 is 18.4 Å². The van der Waals surface area contributed by atoms with Gasteiger partial charge in [-0.1, -0.05) is 0 Å². The van der Waals surface area contributed by atoms with Crippen molar-refractivity contribution in [1.29, 1.82) is 0 Å². The van der Waals surface area contributed by atoms with Crippen molar-refractivity contribution in [2.45, 2.75) is 18.9 Å². The molecule has 0 aliphatic heterocycles. The number of carbonyl (C=O) groups excluding carboxylic acids is 1. The number of nitrogens with two attached hydrogens (primary N) is 1. The minimum absolute atomic E-state index is 0. The van der Waals surface area contributed by atoms with Crippen LogP contribution in [-0.4, -0.2) is 18.5 Å². The number of ether oxygens (including phenoxy) is 1. The van der Waals surface area contributed by atoms with Crippen LogP contribution in [-0.2, 0) is 9.53 Å². The first-order valence-electron chi connectivity index (χ1n) is 5.16. The fourth-order valence-corrected chi connectivity index (χ4v) is 1.32. The van der Waals surface area contributed by atoms with E-state index in [9.17, 15) is 26.7 Å². The highest BCUT2D eigenvalue weighted by Gasteiger charge is 2.48. The second kappa shape index (κ2) is 6.85. The van der Waals surface area contributed by atoms with Crippen LogP contribution in [0.3, 0.4) is 0 Å². The highest BCUT2D eigenvalue weighted by molar-refractivity contribution is 5.85. The quantitative estimate of drug-likeness (QED) is 0.527. The van der Waals surface area contributed by atoms with Gasteiger partial charge in [-0.3, -0.25) is 0 Å². The fourth-order valence-electron chi connectivity index (χ4n) is 1.32. The normalized spacial score (nSPS) is 12.6. The van der Waals surface area contributed by atoms with E-state index in [2.05, 4.69) is 4.74 Å². The topological polar surface area (TPSA) is 52.3 Å². The number of halogens is 6. The van der Waals surface area contributed by atoms with E-state index < -0.39 is 40.9 Å². The molecule has 0 bridgehead atoms. The van der Waals surface area contributed by atoms with Crippen LogP contribution in [0.4, 0.5) is 22.0 Å². The lowest BCUT2D eigenvalue weighted by Crippen LogP contribution is -2.41. The molecule has 3 nitrogen and oxygen atoms in total. The van der Waals surface area contributed by atoms with Crippen LogP contribution in [0.1, 0.15) is 18.5 Å². The summed E-state index contributed by atoms with van der Waals surface area (Å²) >= 11 is 0. The third-order valence-corrected chi connectivity index (χ3v) is 2.30. The molecule has 1 aromatic rings. The summed E-state index contributed by atoms with van der Waals surface area (Å²) in [5.41, 5.74) is 4.33. The van der Waals surface area contributed by atoms with Crippen LogP contribution in [0, 0.1) is 17.5 Å². The summed E-state index contributed by atoms with van der Waals surface area (Å²) in [7, 11) is 0. The van der Waals surface area contributed by atoms with Gasteiger partial charge in [0.1, 0.15) is 6.04 Å². The number of hydrogen-bond acceptors (Lipinski definition) is 3. The van der Waals surface area contributed by atoms with E-state index in [4.69, 9.17) is 5.73 Å². The maximum Gasteiger partial charge on any atom is 0.379 e. The van der Waals surface area contributed by atoms with Crippen molar-refractivity contribution < 1.29 is 31.5 Å². The van der Waals surface area contributed by atoms with E-state index >= 15 is 0 Å². The third-order valence-electron chi connectivity index (χ3n) is 2.30. The Morgan fingerprint density at radius 3 is 2.15 bits per heavy atom. The van der Waals surface area contributed by atoms with Crippen LogP contribution in [0.25, 0.3) is 0 Å². The number of alkyl halides is 2. The third kappa shape index (κ3) is 3.57. The summed E-state index contributed by atoms with van der Waals surface area (Å²) in [6, 6.07) is -1.75. The molecule has 1 rings (SSSR count). The van der Waals surface area contributed by atoms with Gasteiger partial charge in [0.05, 0.1) is 6.61 Å². The van der Waals surface area contributed by atoms with Crippen molar-refractivity contribution in [3.63, 3.8) is 0 Å². The molecule has 0 amide bonds. The summed E-state index contributed by atoms with van der Waals surface area (Å²) in [4.78, 5) is 11.0. The van der Waals surface area contributed by atoms with E-state index in [-0.39, 0.29) is 19.0 Å². The zero-order chi connectivity index (χ0) is 14.8. The van der Waals surface area contributed by atoms with E-state index in [0.29, 0.717) is 12.1 Å². The molecule has 1 atom stereocenters. The first-order valence-corrected chi connectivity index (χ1v) is 5.16. The number of benzene rings is 1. The summed E-state index contributed by atoms with van der Waals surface area (Å²) in [5.74, 6) is -11.3. The summed E-state index contributed by atoms with van der Waals surface area (Å²) in [6.07, 6.45) is 0. The second-order valence-electron chi connectivity index (χ2n) is 3.62. The molecule has 114 valence electrons. The highest BCUT2D eigenvalue weighted by atomic mass is 35.5. The zero-order valence-corrected chi connectivity index (χ0v) is 10.9. The molecule has 0 aliphatic rings. The Hall–Kier alpha value is -1.41. The van der Waals surface area contributed by atoms with E-state index in [1.807, 2.05) is 0 Å². The summed E-state index contributed by atoms with van der Waals surface area (Å²) in [6.45, 7) is 0.990. The zero-order valence-electron chi connectivity index (χ0n) is 10.1. The van der Waals surface area contributed by atoms with E-state index in [1.165, 1.54) is 6.92 Å². The van der Waals surface area contributed by atoms with Crippen molar-refractivity contribution in [2.24, 2.45) is 5.73 Å². The van der Waals surface area contributed by atoms with Gasteiger partial charge in [-0.25, -0.2) is 18.0 Å². The number of rotatable bonds is 4. The Morgan fingerprint density at radius 2 is 1.75 bits per heavy atom. The van der Waals surface area contributed by atoms with Crippen molar-refractivity contribution in [2.75, 3.05) is 6.61 Å². The van der Waals surface area contributed by atoms with Crippen LogP contribution >= 0.6 is 12.4 Å². The molecule has 0 saturated heterocycles. The molecule has 0 radical (unpaired) electrons. The highest BCUT2D eigenvalue weighted by Crippen LogP contribution is 2.31. The van der Waals surface area contributed by atoms with Gasteiger partial charge in [-0.05, 0) is 24.6 Å². The Morgan fingerprint density at radius 1 is 1.30 bits per heavy atom. The van der Waals surface area contributed by atoms with Gasteiger partial charge in [0.2, 0.25) is 0 Å². The van der Waals surface area contributed by atoms with Gasteiger partial charge < -0.3 is 10.5 Å². The number of hydrogen-bond donors (Lipinski definition) is 1. The maximum absolute atomic E-state index is 13.5. The molecule has 0 unspecified atom stereocenters. The van der Waals surface area contributed by atoms with Gasteiger partial charge in [-0.2, -0.15) is 8.78 Å². The van der Waals surface area contributed by atoms with E-state index in [1.54, 1.807) is 0 Å². The summed E-state index contributed by atoms with van der Waals surface area (Å²) in [5, 5.41) is 0. The Labute approximate surface area is 117 Å². The fraction of sp³-hybridized carbons (Fsp3) is 0.364. The molecular weight excluding hydrogens is 309 g/mol. The molecule has 20 heavy (non-hydrogen) atoms. The Kier molecular flexibility index (Phi) is 6.36. The smallest absolute Gasteiger partial charge is 0.379 e. The predicted octanol–water partition coefficient (Wildman–Crippen LogP) is 2.72. The van der Waals surface area contributed by atoms with Crippen molar-refractivity contribution in [1.82, 2.24) is 0 Å². The number of esters is 1. The Bertz CT molecular complexity index is 475. The van der Waals surface area contributed by atoms with Crippen molar-refractivity contribution in [3.05, 3.63) is 35.1 Å². The average Bonchev–Trinajstić information content (AvgIpc) is 2.34. The standard InChI is InChI=1S/C11H10F5NO2.ClH/c1-2-19-10(18)11(15,16)9(17)5-3-6(12)8(14)7(13)4-5;/h3-4,9H,2,17H2,1H3;1H/t9-;/m0./s1. The van der Waals surface area contributed by atoms with Gasteiger partial charge >= 0.3 is 11.9 Å². The minimum atomic E-state index is -4.19. The first kappa shape index (κ1) is 18.6. The molecule has 0 saturated carbocycles. The lowest BCUT2D eigenvalue weighted by molar-refractivity contribution is -0.174. The van der Waals surface area contributed by atoms with Crippen molar-refractivity contribution in [3.8, 4) is 0 Å². The molecule has 0 heterocycles. The molecule has 0 spiro atoms. The molecule has 0 fully saturated rings. The molecular formula is C11H11ClF5NO2. The lowest BCUT2D eigenvalue weighted by atomic mass is 10.0. The predicted molar refractivity (Wildman–Crippen MR) is 62.1 cm³/mol. The van der Waals surface area contributed by atoms with Crippen LogP contribution < -0.4 is 5.73 Å². The second-order valence-corrected chi connectivity index (χ2v) is 3.62. The lowest BCUT2D eigenvalue weighted by Gasteiger charge is -2.22. The largest absolute Gasteiger partial charge is 0.462 e. The van der Waals surface area contributed by atoms with Gasteiger partial charge in [0.15, 0.2) is 17.5 Å². The van der Waals surface area contributed by atoms with Gasteiger partial charge in [0, 0.05) is 0 Å². The van der Waals surface area contributed by atoms with Crippen LogP contribution in [0.5, 0.6) is 0 Å². The summed E-state index contributed by atoms with van der Waals surface area (Å²) < 4.78 is 69.6.